The number of aryl methyl sites for hydroxylation is 1. The van der Waals surface area contributed by atoms with Gasteiger partial charge in [0.15, 0.2) is 0 Å². The Hall–Kier alpha value is -3.20. The van der Waals surface area contributed by atoms with Gasteiger partial charge in [-0.25, -0.2) is 9.69 Å². The van der Waals surface area contributed by atoms with E-state index in [-0.39, 0.29) is 6.54 Å². The number of methoxy groups -OCH3 is 1. The molecule has 1 saturated heterocycles. The highest BCUT2D eigenvalue weighted by atomic mass is 32.1. The van der Waals surface area contributed by atoms with Crippen molar-refractivity contribution in [3.05, 3.63) is 46.2 Å². The zero-order chi connectivity index (χ0) is 19.6. The molecule has 0 saturated carbocycles. The monoisotopic (exact) mass is 387 g/mol. The molecule has 2 heterocycles. The first-order chi connectivity index (χ1) is 12.9. The van der Waals surface area contributed by atoms with Crippen LogP contribution in [-0.4, -0.2) is 47.2 Å². The topological polar surface area (TPSA) is 96.0 Å². The summed E-state index contributed by atoms with van der Waals surface area (Å²) in [6, 6.07) is 7.97. The van der Waals surface area contributed by atoms with E-state index < -0.39 is 30.3 Å². The number of carbonyl (C=O) groups is 4. The summed E-state index contributed by atoms with van der Waals surface area (Å²) >= 11 is 1.37. The van der Waals surface area contributed by atoms with Crippen molar-refractivity contribution in [2.45, 2.75) is 13.5 Å². The van der Waals surface area contributed by atoms with Gasteiger partial charge in [-0.15, -0.1) is 11.3 Å². The fraction of sp³-hybridized carbons (Fsp3) is 0.222. The maximum absolute atomic E-state index is 12.4. The van der Waals surface area contributed by atoms with Gasteiger partial charge in [-0.3, -0.25) is 19.3 Å². The number of urea groups is 1. The molecule has 3 rings (SSSR count). The van der Waals surface area contributed by atoms with Crippen molar-refractivity contribution < 1.29 is 23.9 Å². The molecule has 0 atom stereocenters. The predicted octanol–water partition coefficient (Wildman–Crippen LogP) is 1.99. The van der Waals surface area contributed by atoms with Crippen LogP contribution in [0.15, 0.2) is 35.7 Å². The smallest absolute Gasteiger partial charge is 0.335 e. The molecule has 8 nitrogen and oxygen atoms in total. The predicted molar refractivity (Wildman–Crippen MR) is 98.3 cm³/mol. The molecule has 2 aromatic rings. The Morgan fingerprint density at radius 2 is 1.89 bits per heavy atom. The molecule has 0 bridgehead atoms. The van der Waals surface area contributed by atoms with Crippen molar-refractivity contribution >= 4 is 40.8 Å². The van der Waals surface area contributed by atoms with Gasteiger partial charge in [0, 0.05) is 4.88 Å². The summed E-state index contributed by atoms with van der Waals surface area (Å²) < 4.78 is 5.18. The molecule has 5 amide bonds. The Kier molecular flexibility index (Phi) is 5.22. The molecule has 1 N–H and O–H groups in total. The first-order valence-corrected chi connectivity index (χ1v) is 8.93. The average Bonchev–Trinajstić information content (AvgIpc) is 3.21. The van der Waals surface area contributed by atoms with Gasteiger partial charge in [0.05, 0.1) is 19.3 Å². The molecule has 27 heavy (non-hydrogen) atoms. The fourth-order valence-corrected chi connectivity index (χ4v) is 3.33. The van der Waals surface area contributed by atoms with Gasteiger partial charge in [-0.1, -0.05) is 12.1 Å². The maximum Gasteiger partial charge on any atom is 0.335 e. The second kappa shape index (κ2) is 7.58. The number of amides is 5. The zero-order valence-electron chi connectivity index (χ0n) is 14.7. The van der Waals surface area contributed by atoms with Crippen molar-refractivity contribution in [3.8, 4) is 5.75 Å². The molecule has 1 fully saturated rings. The molecule has 140 valence electrons. The minimum Gasteiger partial charge on any atom is -0.495 e. The Morgan fingerprint density at radius 3 is 2.56 bits per heavy atom. The Bertz CT molecular complexity index is 910. The Morgan fingerprint density at radius 1 is 1.15 bits per heavy atom. The van der Waals surface area contributed by atoms with Gasteiger partial charge in [0.1, 0.15) is 12.3 Å². The first-order valence-electron chi connectivity index (χ1n) is 8.05. The number of carbonyl (C=O) groups excluding carboxylic acids is 4. The van der Waals surface area contributed by atoms with E-state index in [1.54, 1.807) is 24.3 Å². The third kappa shape index (κ3) is 3.82. The minimum absolute atomic E-state index is 0.00486. The number of hydrogen-bond acceptors (Lipinski definition) is 6. The number of nitrogens with zero attached hydrogens (tertiary/aromatic N) is 2. The van der Waals surface area contributed by atoms with Crippen molar-refractivity contribution in [2.75, 3.05) is 19.0 Å². The largest absolute Gasteiger partial charge is 0.495 e. The summed E-state index contributed by atoms with van der Waals surface area (Å²) in [4.78, 5) is 51.2. The highest BCUT2D eigenvalue weighted by Crippen LogP contribution is 2.25. The molecule has 1 aromatic heterocycles. The van der Waals surface area contributed by atoms with E-state index in [9.17, 15) is 19.2 Å². The number of ether oxygens (including phenoxy) is 1. The van der Waals surface area contributed by atoms with Crippen molar-refractivity contribution in [3.63, 3.8) is 0 Å². The highest BCUT2D eigenvalue weighted by Gasteiger charge is 2.45. The summed E-state index contributed by atoms with van der Waals surface area (Å²) in [6.45, 7) is 1.30. The summed E-state index contributed by atoms with van der Waals surface area (Å²) in [7, 11) is 1.47. The van der Waals surface area contributed by atoms with Crippen molar-refractivity contribution in [1.29, 1.82) is 0 Å². The highest BCUT2D eigenvalue weighted by molar-refractivity contribution is 7.09. The number of hydrogen-bond donors (Lipinski definition) is 1. The van der Waals surface area contributed by atoms with Crippen molar-refractivity contribution in [1.82, 2.24) is 9.80 Å². The summed E-state index contributed by atoms with van der Waals surface area (Å²) in [5.41, 5.74) is 1.32. The van der Waals surface area contributed by atoms with Crippen LogP contribution in [0, 0.1) is 6.92 Å². The van der Waals surface area contributed by atoms with Crippen LogP contribution >= 0.6 is 11.3 Å². The average molecular weight is 387 g/mol. The second-order valence-electron chi connectivity index (χ2n) is 5.90. The van der Waals surface area contributed by atoms with E-state index in [4.69, 9.17) is 4.74 Å². The molecule has 0 unspecified atom stereocenters. The Labute approximate surface area is 159 Å². The van der Waals surface area contributed by atoms with Crippen LogP contribution in [0.5, 0.6) is 5.75 Å². The number of thiophene rings is 1. The summed E-state index contributed by atoms with van der Waals surface area (Å²) in [5, 5.41) is 4.42. The third-order valence-corrected chi connectivity index (χ3v) is 4.82. The van der Waals surface area contributed by atoms with Crippen LogP contribution in [0.4, 0.5) is 10.5 Å². The number of benzene rings is 1. The lowest BCUT2D eigenvalue weighted by atomic mass is 10.2. The van der Waals surface area contributed by atoms with E-state index >= 15 is 0 Å². The van der Waals surface area contributed by atoms with E-state index in [1.807, 2.05) is 18.4 Å². The third-order valence-electron chi connectivity index (χ3n) is 3.96. The molecular formula is C18H17N3O5S. The van der Waals surface area contributed by atoms with Gasteiger partial charge in [-0.2, -0.15) is 0 Å². The standard InChI is InChI=1S/C18H17N3O5S/c1-11-5-6-14(26-2)13(8-11)19-15(22)10-21-17(24)16(23)20(18(21)25)9-12-4-3-7-27-12/h3-8H,9-10H2,1-2H3,(H,19,22). The fourth-order valence-electron chi connectivity index (χ4n) is 2.64. The van der Waals surface area contributed by atoms with E-state index in [1.165, 1.54) is 18.4 Å². The van der Waals surface area contributed by atoms with Crippen LogP contribution in [-0.2, 0) is 20.9 Å². The number of anilines is 1. The lowest BCUT2D eigenvalue weighted by Crippen LogP contribution is -2.38. The molecule has 1 aliphatic rings. The molecule has 1 aromatic carbocycles. The molecular weight excluding hydrogens is 370 g/mol. The van der Waals surface area contributed by atoms with Crippen molar-refractivity contribution in [2.24, 2.45) is 0 Å². The van der Waals surface area contributed by atoms with E-state index in [0.29, 0.717) is 16.3 Å². The number of nitrogens with one attached hydrogen (secondary N) is 1. The second-order valence-corrected chi connectivity index (χ2v) is 6.93. The molecule has 0 spiro atoms. The maximum atomic E-state index is 12.4. The summed E-state index contributed by atoms with van der Waals surface area (Å²) in [5.74, 6) is -2.10. The lowest BCUT2D eigenvalue weighted by Gasteiger charge is -2.16. The van der Waals surface area contributed by atoms with Crippen LogP contribution in [0.25, 0.3) is 0 Å². The zero-order valence-corrected chi connectivity index (χ0v) is 15.5. The Balaban J connectivity index is 1.70. The summed E-state index contributed by atoms with van der Waals surface area (Å²) in [6.07, 6.45) is 0. The number of rotatable bonds is 6. The molecule has 0 radical (unpaired) electrons. The van der Waals surface area contributed by atoms with Crippen LogP contribution in [0.1, 0.15) is 10.4 Å². The number of imide groups is 2. The SMILES string of the molecule is COc1ccc(C)cc1NC(=O)CN1C(=O)C(=O)N(Cc2cccs2)C1=O. The first kappa shape index (κ1) is 18.6. The van der Waals surface area contributed by atoms with Gasteiger partial charge in [-0.05, 0) is 36.1 Å². The minimum atomic E-state index is -1.01. The van der Waals surface area contributed by atoms with E-state index in [0.717, 1.165) is 15.3 Å². The molecule has 9 heteroatoms. The van der Waals surface area contributed by atoms with Gasteiger partial charge in [0.25, 0.3) is 0 Å². The van der Waals surface area contributed by atoms with Crippen LogP contribution < -0.4 is 10.1 Å². The van der Waals surface area contributed by atoms with E-state index in [2.05, 4.69) is 5.32 Å². The van der Waals surface area contributed by atoms with Gasteiger partial charge < -0.3 is 10.1 Å². The van der Waals surface area contributed by atoms with Gasteiger partial charge >= 0.3 is 17.8 Å². The normalized spacial score (nSPS) is 14.1. The van der Waals surface area contributed by atoms with Crippen LogP contribution in [0.3, 0.4) is 0 Å². The molecule has 0 aliphatic carbocycles. The van der Waals surface area contributed by atoms with Gasteiger partial charge in [0.2, 0.25) is 5.91 Å². The molecule has 1 aliphatic heterocycles. The van der Waals surface area contributed by atoms with Crippen LogP contribution in [0.2, 0.25) is 0 Å². The quantitative estimate of drug-likeness (QED) is 0.604. The lowest BCUT2D eigenvalue weighted by molar-refractivity contribution is -0.143.